The smallest absolute Gasteiger partial charge is 0.259 e. The van der Waals surface area contributed by atoms with E-state index in [9.17, 15) is 19.8 Å². The Kier molecular flexibility index (Phi) is 2.62. The molecule has 0 unspecified atom stereocenters. The van der Waals surface area contributed by atoms with Crippen molar-refractivity contribution in [3.63, 3.8) is 0 Å². The number of aromatic hydroxyl groups is 1. The Balaban J connectivity index is 1.80. The molecule has 0 aromatic heterocycles. The van der Waals surface area contributed by atoms with E-state index >= 15 is 0 Å². The van der Waals surface area contributed by atoms with Crippen molar-refractivity contribution in [2.45, 2.75) is 18.3 Å². The summed E-state index contributed by atoms with van der Waals surface area (Å²) in [5.74, 6) is -1.03. The molecule has 1 aromatic rings. The molecule has 3 N–H and O–H groups in total. The Morgan fingerprint density at radius 1 is 1.32 bits per heavy atom. The van der Waals surface area contributed by atoms with Crippen LogP contribution in [0.3, 0.4) is 0 Å². The summed E-state index contributed by atoms with van der Waals surface area (Å²) in [4.78, 5) is 23.4. The lowest BCUT2D eigenvalue weighted by Crippen LogP contribution is -2.37. The van der Waals surface area contributed by atoms with E-state index in [0.29, 0.717) is 0 Å². The number of aliphatic hydroxyl groups excluding tert-OH is 1. The maximum absolute atomic E-state index is 11.9. The lowest BCUT2D eigenvalue weighted by Gasteiger charge is -2.17. The van der Waals surface area contributed by atoms with Crippen LogP contribution in [0.5, 0.6) is 5.75 Å². The van der Waals surface area contributed by atoms with E-state index in [4.69, 9.17) is 4.74 Å². The van der Waals surface area contributed by atoms with Crippen molar-refractivity contribution in [2.75, 3.05) is 0 Å². The van der Waals surface area contributed by atoms with E-state index in [1.165, 1.54) is 12.1 Å². The first-order valence-electron chi connectivity index (χ1n) is 5.76. The number of para-hydroxylation sites is 1. The number of carbonyl (C=O) groups excluding carboxylic acids is 2. The minimum absolute atomic E-state index is 0.0712. The average Bonchev–Trinajstić information content (AvgIpc) is 3.17. The highest BCUT2D eigenvalue weighted by molar-refractivity contribution is 6.01. The molecule has 2 aliphatic rings. The Morgan fingerprint density at radius 2 is 2.05 bits per heavy atom. The van der Waals surface area contributed by atoms with Gasteiger partial charge in [-0.15, -0.1) is 0 Å². The number of phenols is 1. The van der Waals surface area contributed by atoms with E-state index in [0.717, 1.165) is 6.08 Å². The molecule has 0 bridgehead atoms. The molecular weight excluding hydrogens is 250 g/mol. The topological polar surface area (TPSA) is 99.2 Å². The highest BCUT2D eigenvalue weighted by atomic mass is 16.6. The molecule has 98 valence electrons. The summed E-state index contributed by atoms with van der Waals surface area (Å²) >= 11 is 0. The molecule has 1 fully saturated rings. The zero-order chi connectivity index (χ0) is 13.6. The number of phenolic OH excluding ortho intramolecular Hbond substituents is 1. The van der Waals surface area contributed by atoms with Gasteiger partial charge in [-0.1, -0.05) is 12.1 Å². The number of fused-ring (bicyclic) bond motifs is 1. The molecule has 6 heteroatoms. The van der Waals surface area contributed by atoms with Crippen LogP contribution in [-0.2, 0) is 9.53 Å². The molecule has 3 rings (SSSR count). The predicted molar refractivity (Wildman–Crippen MR) is 63.3 cm³/mol. The monoisotopic (exact) mass is 261 g/mol. The fourth-order valence-corrected chi connectivity index (χ4v) is 2.06. The van der Waals surface area contributed by atoms with Crippen LogP contribution in [0.25, 0.3) is 0 Å². The van der Waals surface area contributed by atoms with Gasteiger partial charge in [0.05, 0.1) is 11.3 Å². The second kappa shape index (κ2) is 4.18. The largest absolute Gasteiger partial charge is 0.507 e. The molecular formula is C13H11NO5. The SMILES string of the molecule is O=C(NC1=CC(=O)[C@@H]2O[C@@H]2[C@H]1O)c1ccccc1O. The molecule has 1 aromatic carbocycles. The Bertz CT molecular complexity index is 594. The summed E-state index contributed by atoms with van der Waals surface area (Å²) in [5.41, 5.74) is 0.166. The van der Waals surface area contributed by atoms with Crippen LogP contribution in [0.4, 0.5) is 0 Å². The molecule has 1 aliphatic heterocycles. The van der Waals surface area contributed by atoms with Gasteiger partial charge < -0.3 is 20.3 Å². The van der Waals surface area contributed by atoms with Gasteiger partial charge in [-0.2, -0.15) is 0 Å². The minimum atomic E-state index is -1.03. The highest BCUT2D eigenvalue weighted by Crippen LogP contribution is 2.33. The van der Waals surface area contributed by atoms with Crippen molar-refractivity contribution in [3.8, 4) is 5.75 Å². The lowest BCUT2D eigenvalue weighted by molar-refractivity contribution is -0.116. The molecule has 0 radical (unpaired) electrons. The van der Waals surface area contributed by atoms with Gasteiger partial charge in [0.15, 0.2) is 5.78 Å². The molecule has 1 heterocycles. The van der Waals surface area contributed by atoms with Crippen LogP contribution < -0.4 is 5.32 Å². The van der Waals surface area contributed by atoms with Crippen molar-refractivity contribution in [2.24, 2.45) is 0 Å². The number of epoxide rings is 1. The van der Waals surface area contributed by atoms with Gasteiger partial charge in [0.25, 0.3) is 5.91 Å². The number of nitrogens with one attached hydrogen (secondary N) is 1. The first kappa shape index (κ1) is 11.9. The van der Waals surface area contributed by atoms with E-state index in [1.54, 1.807) is 12.1 Å². The van der Waals surface area contributed by atoms with Gasteiger partial charge in [-0.25, -0.2) is 0 Å². The van der Waals surface area contributed by atoms with Gasteiger partial charge in [-0.05, 0) is 12.1 Å². The molecule has 6 nitrogen and oxygen atoms in total. The zero-order valence-corrected chi connectivity index (χ0v) is 9.74. The fourth-order valence-electron chi connectivity index (χ4n) is 2.06. The van der Waals surface area contributed by atoms with Crippen molar-refractivity contribution in [3.05, 3.63) is 41.6 Å². The van der Waals surface area contributed by atoms with Gasteiger partial charge in [-0.3, -0.25) is 9.59 Å². The number of benzene rings is 1. The fraction of sp³-hybridized carbons (Fsp3) is 0.231. The summed E-state index contributed by atoms with van der Waals surface area (Å²) in [6, 6.07) is 6.02. The highest BCUT2D eigenvalue weighted by Gasteiger charge is 2.53. The predicted octanol–water partition coefficient (Wildman–Crippen LogP) is -0.283. The molecule has 1 saturated heterocycles. The number of ether oxygens (including phenoxy) is 1. The van der Waals surface area contributed by atoms with Crippen LogP contribution in [0.1, 0.15) is 10.4 Å². The number of aliphatic hydroxyl groups is 1. The standard InChI is InChI=1S/C13H11NO5/c15-8-4-2-1-3-6(8)13(18)14-7-5-9(16)11-12(19-11)10(7)17/h1-5,10-12,15,17H,(H,14,18)/t10-,11-,12+/m0/s1. The third-order valence-corrected chi connectivity index (χ3v) is 3.14. The molecule has 1 amide bonds. The summed E-state index contributed by atoms with van der Waals surface area (Å²) in [6.07, 6.45) is -1.02. The Labute approximate surface area is 108 Å². The Morgan fingerprint density at radius 3 is 2.79 bits per heavy atom. The van der Waals surface area contributed by atoms with Crippen LogP contribution in [0.15, 0.2) is 36.0 Å². The van der Waals surface area contributed by atoms with Crippen molar-refractivity contribution in [1.29, 1.82) is 0 Å². The summed E-state index contributed by atoms with van der Waals surface area (Å²) in [7, 11) is 0. The molecule has 0 spiro atoms. The number of hydrogen-bond donors (Lipinski definition) is 3. The first-order chi connectivity index (χ1) is 9.08. The van der Waals surface area contributed by atoms with Gasteiger partial charge in [0, 0.05) is 6.08 Å². The Hall–Kier alpha value is -2.18. The van der Waals surface area contributed by atoms with E-state index < -0.39 is 24.2 Å². The third kappa shape index (κ3) is 2.00. The number of amides is 1. The maximum Gasteiger partial charge on any atom is 0.259 e. The normalized spacial score (nSPS) is 28.4. The molecule has 3 atom stereocenters. The zero-order valence-electron chi connectivity index (χ0n) is 9.74. The average molecular weight is 261 g/mol. The summed E-state index contributed by atoms with van der Waals surface area (Å²) < 4.78 is 4.99. The van der Waals surface area contributed by atoms with Crippen LogP contribution in [0.2, 0.25) is 0 Å². The first-order valence-corrected chi connectivity index (χ1v) is 5.76. The quantitative estimate of drug-likeness (QED) is 0.636. The second-order valence-corrected chi connectivity index (χ2v) is 4.44. The summed E-state index contributed by atoms with van der Waals surface area (Å²) in [6.45, 7) is 0. The van der Waals surface area contributed by atoms with Crippen LogP contribution in [-0.4, -0.2) is 40.2 Å². The van der Waals surface area contributed by atoms with Crippen molar-refractivity contribution >= 4 is 11.7 Å². The minimum Gasteiger partial charge on any atom is -0.507 e. The number of carbonyl (C=O) groups is 2. The van der Waals surface area contributed by atoms with Gasteiger partial charge in [0.2, 0.25) is 0 Å². The van der Waals surface area contributed by atoms with Crippen molar-refractivity contribution in [1.82, 2.24) is 5.32 Å². The second-order valence-electron chi connectivity index (χ2n) is 4.44. The number of hydrogen-bond acceptors (Lipinski definition) is 5. The van der Waals surface area contributed by atoms with E-state index in [1.807, 2.05) is 0 Å². The van der Waals surface area contributed by atoms with E-state index in [-0.39, 0.29) is 22.8 Å². The van der Waals surface area contributed by atoms with Crippen molar-refractivity contribution < 1.29 is 24.5 Å². The lowest BCUT2D eigenvalue weighted by atomic mass is 10.0. The van der Waals surface area contributed by atoms with Crippen LogP contribution in [0, 0.1) is 0 Å². The summed E-state index contributed by atoms with van der Waals surface area (Å²) in [5, 5.41) is 21.8. The molecule has 1 aliphatic carbocycles. The molecule has 19 heavy (non-hydrogen) atoms. The number of rotatable bonds is 2. The van der Waals surface area contributed by atoms with Gasteiger partial charge >= 0.3 is 0 Å². The number of ketones is 1. The molecule has 0 saturated carbocycles. The van der Waals surface area contributed by atoms with Crippen LogP contribution >= 0.6 is 0 Å². The van der Waals surface area contributed by atoms with Gasteiger partial charge in [0.1, 0.15) is 24.1 Å². The maximum atomic E-state index is 11.9. The van der Waals surface area contributed by atoms with E-state index in [2.05, 4.69) is 5.32 Å². The third-order valence-electron chi connectivity index (χ3n) is 3.14.